The third-order valence-corrected chi connectivity index (χ3v) is 5.21. The minimum Gasteiger partial charge on any atom is -0.480 e. The van der Waals surface area contributed by atoms with Gasteiger partial charge >= 0.3 is 5.97 Å². The maximum absolute atomic E-state index is 11.7. The van der Waals surface area contributed by atoms with Crippen LogP contribution in [0.25, 0.3) is 0 Å². The second kappa shape index (κ2) is 10.3. The highest BCUT2D eigenvalue weighted by Gasteiger charge is 2.27. The number of nitrogens with one attached hydrogen (secondary N) is 3. The number of aliphatic hydroxyl groups excluding tert-OH is 1. The van der Waals surface area contributed by atoms with E-state index in [1.165, 1.54) is 0 Å². The van der Waals surface area contributed by atoms with E-state index in [0.717, 1.165) is 38.5 Å². The summed E-state index contributed by atoms with van der Waals surface area (Å²) < 4.78 is 0. The lowest BCUT2D eigenvalue weighted by Crippen LogP contribution is -2.43. The summed E-state index contributed by atoms with van der Waals surface area (Å²) in [5.41, 5.74) is 6.74. The van der Waals surface area contributed by atoms with Crippen molar-refractivity contribution in [3.8, 4) is 0 Å². The number of aliphatic hydroxyl groups is 1. The van der Waals surface area contributed by atoms with Crippen molar-refractivity contribution < 1.29 is 15.0 Å². The second-order valence-corrected chi connectivity index (χ2v) is 7.36. The Kier molecular flexibility index (Phi) is 8.06. The standard InChI is InChI=1S/C20H32N4O3/c1-2-4-14(23-16-5-3-6-18(16)25)11-12-17(20(26)27)24-15-9-7-13(8-10-15)19(21)22/h7-10,14,16-18,23-25H,2-6,11-12H2,1H3,(H3,21,22)(H,26,27). The summed E-state index contributed by atoms with van der Waals surface area (Å²) in [6.07, 6.45) is 5.75. The van der Waals surface area contributed by atoms with Crippen LogP contribution in [0.5, 0.6) is 0 Å². The number of benzene rings is 1. The van der Waals surface area contributed by atoms with Crippen molar-refractivity contribution in [1.82, 2.24) is 5.32 Å². The number of hydrogen-bond acceptors (Lipinski definition) is 5. The van der Waals surface area contributed by atoms with Crippen LogP contribution in [0.2, 0.25) is 0 Å². The topological polar surface area (TPSA) is 131 Å². The number of rotatable bonds is 11. The van der Waals surface area contributed by atoms with E-state index in [4.69, 9.17) is 11.1 Å². The van der Waals surface area contributed by atoms with Crippen LogP contribution < -0.4 is 16.4 Å². The van der Waals surface area contributed by atoms with Crippen molar-refractivity contribution in [1.29, 1.82) is 5.41 Å². The number of nitrogen functional groups attached to an aromatic ring is 1. The average Bonchev–Trinajstić information content (AvgIpc) is 3.03. The first kappa shape index (κ1) is 21.2. The Labute approximate surface area is 160 Å². The van der Waals surface area contributed by atoms with E-state index in [1.54, 1.807) is 24.3 Å². The maximum atomic E-state index is 11.7. The normalized spacial score (nSPS) is 21.6. The van der Waals surface area contributed by atoms with Crippen LogP contribution in [0.1, 0.15) is 57.4 Å². The fraction of sp³-hybridized carbons (Fsp3) is 0.600. The molecule has 0 aromatic heterocycles. The summed E-state index contributed by atoms with van der Waals surface area (Å²) in [5.74, 6) is -0.902. The molecule has 1 aliphatic rings. The lowest BCUT2D eigenvalue weighted by atomic mass is 10.0. The van der Waals surface area contributed by atoms with Gasteiger partial charge in [0.2, 0.25) is 0 Å². The number of anilines is 1. The quantitative estimate of drug-likeness (QED) is 0.259. The molecule has 4 unspecified atom stereocenters. The van der Waals surface area contributed by atoms with Crippen molar-refractivity contribution in [2.45, 2.75) is 76.1 Å². The van der Waals surface area contributed by atoms with E-state index in [0.29, 0.717) is 17.7 Å². The van der Waals surface area contributed by atoms with Crippen molar-refractivity contribution in [3.05, 3.63) is 29.8 Å². The molecule has 0 saturated heterocycles. The number of amidine groups is 1. The molecule has 1 aliphatic carbocycles. The molecule has 2 rings (SSSR count). The predicted octanol–water partition coefficient (Wildman–Crippen LogP) is 2.29. The van der Waals surface area contributed by atoms with E-state index in [2.05, 4.69) is 17.6 Å². The second-order valence-electron chi connectivity index (χ2n) is 7.36. The molecule has 0 aliphatic heterocycles. The summed E-state index contributed by atoms with van der Waals surface area (Å²) in [7, 11) is 0. The zero-order valence-electron chi connectivity index (χ0n) is 15.9. The summed E-state index contributed by atoms with van der Waals surface area (Å²) >= 11 is 0. The molecule has 1 saturated carbocycles. The predicted molar refractivity (Wildman–Crippen MR) is 107 cm³/mol. The average molecular weight is 377 g/mol. The Morgan fingerprint density at radius 3 is 2.48 bits per heavy atom. The number of carbonyl (C=O) groups is 1. The summed E-state index contributed by atoms with van der Waals surface area (Å²) in [5, 5.41) is 33.6. The minimum absolute atomic E-state index is 0.0149. The van der Waals surface area contributed by atoms with E-state index in [1.807, 2.05) is 0 Å². The van der Waals surface area contributed by atoms with Crippen molar-refractivity contribution in [3.63, 3.8) is 0 Å². The van der Waals surface area contributed by atoms with Crippen LogP contribution in [-0.2, 0) is 4.79 Å². The molecule has 1 aromatic rings. The van der Waals surface area contributed by atoms with Gasteiger partial charge in [-0.2, -0.15) is 0 Å². The molecule has 0 bridgehead atoms. The summed E-state index contributed by atoms with van der Waals surface area (Å²) in [6.45, 7) is 2.11. The van der Waals surface area contributed by atoms with Crippen LogP contribution >= 0.6 is 0 Å². The summed E-state index contributed by atoms with van der Waals surface area (Å²) in [6, 6.07) is 6.52. The highest BCUT2D eigenvalue weighted by atomic mass is 16.4. The monoisotopic (exact) mass is 376 g/mol. The smallest absolute Gasteiger partial charge is 0.326 e. The fourth-order valence-corrected chi connectivity index (χ4v) is 3.67. The van der Waals surface area contributed by atoms with Gasteiger partial charge in [-0.25, -0.2) is 4.79 Å². The van der Waals surface area contributed by atoms with Gasteiger partial charge in [0.05, 0.1) is 6.10 Å². The first-order valence-electron chi connectivity index (χ1n) is 9.78. The van der Waals surface area contributed by atoms with Gasteiger partial charge in [0.1, 0.15) is 11.9 Å². The van der Waals surface area contributed by atoms with Crippen LogP contribution in [0, 0.1) is 5.41 Å². The molecule has 4 atom stereocenters. The molecule has 0 radical (unpaired) electrons. The highest BCUT2D eigenvalue weighted by Crippen LogP contribution is 2.21. The first-order valence-corrected chi connectivity index (χ1v) is 9.78. The van der Waals surface area contributed by atoms with Gasteiger partial charge in [0.15, 0.2) is 0 Å². The number of aliphatic carboxylic acids is 1. The van der Waals surface area contributed by atoms with Crippen LogP contribution in [0.4, 0.5) is 5.69 Å². The Morgan fingerprint density at radius 1 is 1.26 bits per heavy atom. The van der Waals surface area contributed by atoms with Crippen LogP contribution in [-0.4, -0.2) is 46.2 Å². The number of carboxylic acid groups (broad SMARTS) is 1. The molecule has 150 valence electrons. The Hall–Kier alpha value is -2.12. The van der Waals surface area contributed by atoms with Gasteiger partial charge in [-0.15, -0.1) is 0 Å². The Morgan fingerprint density at radius 2 is 1.96 bits per heavy atom. The fourth-order valence-electron chi connectivity index (χ4n) is 3.67. The molecule has 0 heterocycles. The van der Waals surface area contributed by atoms with E-state index in [9.17, 15) is 15.0 Å². The maximum Gasteiger partial charge on any atom is 0.326 e. The molecule has 27 heavy (non-hydrogen) atoms. The molecule has 7 nitrogen and oxygen atoms in total. The molecule has 1 fully saturated rings. The van der Waals surface area contributed by atoms with Crippen molar-refractivity contribution in [2.75, 3.05) is 5.32 Å². The SMILES string of the molecule is CCCC(CCC(Nc1ccc(C(=N)N)cc1)C(=O)O)NC1CCCC1O. The number of carboxylic acids is 1. The number of nitrogens with two attached hydrogens (primary N) is 1. The third kappa shape index (κ3) is 6.52. The highest BCUT2D eigenvalue weighted by molar-refractivity contribution is 5.95. The van der Waals surface area contributed by atoms with Crippen molar-refractivity contribution in [2.24, 2.45) is 5.73 Å². The largest absolute Gasteiger partial charge is 0.480 e. The van der Waals surface area contributed by atoms with Gasteiger partial charge < -0.3 is 26.6 Å². The molecule has 7 heteroatoms. The molecular formula is C20H32N4O3. The van der Waals surface area contributed by atoms with E-state index < -0.39 is 12.0 Å². The molecule has 7 N–H and O–H groups in total. The summed E-state index contributed by atoms with van der Waals surface area (Å²) in [4.78, 5) is 11.7. The Balaban J connectivity index is 1.92. The minimum atomic E-state index is -0.887. The zero-order valence-corrected chi connectivity index (χ0v) is 15.9. The van der Waals surface area contributed by atoms with Gasteiger partial charge in [-0.1, -0.05) is 13.3 Å². The first-order chi connectivity index (χ1) is 12.9. The lowest BCUT2D eigenvalue weighted by molar-refractivity contribution is -0.138. The van der Waals surface area contributed by atoms with E-state index in [-0.39, 0.29) is 24.0 Å². The molecule has 0 amide bonds. The molecular weight excluding hydrogens is 344 g/mol. The van der Waals surface area contributed by atoms with E-state index >= 15 is 0 Å². The van der Waals surface area contributed by atoms with Gasteiger partial charge in [-0.3, -0.25) is 5.41 Å². The third-order valence-electron chi connectivity index (χ3n) is 5.21. The number of hydrogen-bond donors (Lipinski definition) is 6. The molecule has 0 spiro atoms. The van der Waals surface area contributed by atoms with Gasteiger partial charge in [0, 0.05) is 23.3 Å². The van der Waals surface area contributed by atoms with Crippen molar-refractivity contribution >= 4 is 17.5 Å². The van der Waals surface area contributed by atoms with Gasteiger partial charge in [-0.05, 0) is 62.8 Å². The van der Waals surface area contributed by atoms with Crippen LogP contribution in [0.15, 0.2) is 24.3 Å². The van der Waals surface area contributed by atoms with Gasteiger partial charge in [0.25, 0.3) is 0 Å². The Bertz CT molecular complexity index is 620. The van der Waals surface area contributed by atoms with Crippen LogP contribution in [0.3, 0.4) is 0 Å². The molecule has 1 aromatic carbocycles. The zero-order chi connectivity index (χ0) is 19.8. The lowest BCUT2D eigenvalue weighted by Gasteiger charge is -2.26.